The van der Waals surface area contributed by atoms with Crippen molar-refractivity contribution < 1.29 is 0 Å². The van der Waals surface area contributed by atoms with Gasteiger partial charge in [0.1, 0.15) is 0 Å². The van der Waals surface area contributed by atoms with E-state index in [1.54, 1.807) is 0 Å². The Kier molecular flexibility index (Phi) is 14.0. The van der Waals surface area contributed by atoms with Crippen molar-refractivity contribution in [3.05, 3.63) is 0 Å². The summed E-state index contributed by atoms with van der Waals surface area (Å²) >= 11 is 0. The van der Waals surface area contributed by atoms with Crippen molar-refractivity contribution in [3.8, 4) is 12.1 Å². The molecule has 0 saturated heterocycles. The fourth-order valence-electron chi connectivity index (χ4n) is 8.34. The van der Waals surface area contributed by atoms with E-state index >= 15 is 0 Å². The van der Waals surface area contributed by atoms with Gasteiger partial charge in [-0.25, -0.2) is 0 Å². The molecule has 38 heavy (non-hydrogen) atoms. The largest absolute Gasteiger partial charge is 0.198 e. The molecule has 0 N–H and O–H groups in total. The lowest BCUT2D eigenvalue weighted by atomic mass is 9.60. The predicted octanol–water partition coefficient (Wildman–Crippen LogP) is 11.7. The Hall–Kier alpha value is -1.02. The summed E-state index contributed by atoms with van der Waals surface area (Å²) in [4.78, 5) is 0. The van der Waals surface area contributed by atoms with Crippen LogP contribution in [-0.2, 0) is 0 Å². The summed E-state index contributed by atoms with van der Waals surface area (Å²) in [5.41, 5.74) is -0.291. The molecule has 2 heteroatoms. The first-order chi connectivity index (χ1) is 18.6. The molecule has 0 amide bonds. The molecule has 0 atom stereocenters. The topological polar surface area (TPSA) is 47.6 Å². The van der Waals surface area contributed by atoms with Crippen LogP contribution in [0, 0.1) is 57.2 Å². The molecule has 3 aliphatic carbocycles. The van der Waals surface area contributed by atoms with Crippen molar-refractivity contribution in [3.63, 3.8) is 0 Å². The molecule has 0 aliphatic heterocycles. The van der Waals surface area contributed by atoms with Gasteiger partial charge in [0.15, 0.2) is 0 Å². The Balaban J connectivity index is 1.34. The number of nitrogens with zero attached hydrogens (tertiary/aromatic N) is 2. The van der Waals surface area contributed by atoms with E-state index in [1.165, 1.54) is 128 Å². The van der Waals surface area contributed by atoms with Crippen LogP contribution in [0.1, 0.15) is 181 Å². The van der Waals surface area contributed by atoms with Crippen molar-refractivity contribution in [2.75, 3.05) is 0 Å². The molecule has 2 nitrogen and oxygen atoms in total. The molecule has 0 spiro atoms. The zero-order chi connectivity index (χ0) is 27.1. The fourth-order valence-corrected chi connectivity index (χ4v) is 8.34. The van der Waals surface area contributed by atoms with Crippen LogP contribution in [0.3, 0.4) is 0 Å². The summed E-state index contributed by atoms with van der Waals surface area (Å²) in [7, 11) is 0. The Morgan fingerprint density at radius 3 is 1.08 bits per heavy atom. The van der Waals surface area contributed by atoms with Gasteiger partial charge in [0.05, 0.1) is 23.0 Å². The van der Waals surface area contributed by atoms with E-state index in [1.807, 2.05) is 0 Å². The van der Waals surface area contributed by atoms with Crippen LogP contribution in [0.2, 0.25) is 0 Å². The number of hydrogen-bond acceptors (Lipinski definition) is 2. The maximum Gasteiger partial charge on any atom is 0.0689 e. The van der Waals surface area contributed by atoms with Crippen molar-refractivity contribution in [1.29, 1.82) is 10.5 Å². The van der Waals surface area contributed by atoms with Crippen molar-refractivity contribution in [2.45, 2.75) is 181 Å². The molecule has 3 aliphatic rings. The van der Waals surface area contributed by atoms with Crippen LogP contribution in [0.15, 0.2) is 0 Å². The third-order valence-electron chi connectivity index (χ3n) is 11.6. The highest BCUT2D eigenvalue weighted by Crippen LogP contribution is 2.51. The summed E-state index contributed by atoms with van der Waals surface area (Å²) in [6.45, 7) is 4.60. The van der Waals surface area contributed by atoms with Gasteiger partial charge in [0.25, 0.3) is 0 Å². The van der Waals surface area contributed by atoms with Gasteiger partial charge < -0.3 is 0 Å². The van der Waals surface area contributed by atoms with Crippen molar-refractivity contribution in [1.82, 2.24) is 0 Å². The smallest absolute Gasteiger partial charge is 0.0689 e. The second-order valence-corrected chi connectivity index (χ2v) is 14.3. The molecule has 216 valence electrons. The summed E-state index contributed by atoms with van der Waals surface area (Å²) in [5, 5.41) is 20.4. The minimum absolute atomic E-state index is 0.146. The molecule has 0 aromatic heterocycles. The molecule has 3 fully saturated rings. The molecule has 3 saturated carbocycles. The molecule has 0 heterocycles. The van der Waals surface area contributed by atoms with Gasteiger partial charge in [-0.1, -0.05) is 129 Å². The minimum Gasteiger partial charge on any atom is -0.198 e. The molecular weight excluding hydrogens is 460 g/mol. The maximum absolute atomic E-state index is 10.2. The monoisotopic (exact) mass is 522 g/mol. The molecule has 0 aromatic carbocycles. The standard InChI is InChI=1S/C36H62N2/c1-3-5-7-9-11-31-13-17-33(18-14-31)21-23-35(29-37)25-27-36(30-38,28-26-35)24-22-34-19-15-32(16-20-34)12-10-8-6-4-2/h31-34H,3-28H2,1-2H3/t31-,32-,33-,34-,35-,36-. The SMILES string of the molecule is CCCCCC[C@H]1CC[C@H](CC[C@]2(C#N)CC[C@@](C#N)(CC[C@H]3CC[C@H](CCCCCC)CC3)CC2)CC1. The van der Waals surface area contributed by atoms with E-state index < -0.39 is 0 Å². The number of rotatable bonds is 16. The lowest BCUT2D eigenvalue weighted by molar-refractivity contribution is 0.119. The number of hydrogen-bond donors (Lipinski definition) is 0. The molecular formula is C36H62N2. The first-order valence-electron chi connectivity index (χ1n) is 17.4. The average Bonchev–Trinajstić information content (AvgIpc) is 2.97. The van der Waals surface area contributed by atoms with Gasteiger partial charge in [-0.05, 0) is 75.0 Å². The first kappa shape index (κ1) is 31.5. The van der Waals surface area contributed by atoms with Gasteiger partial charge in [-0.2, -0.15) is 10.5 Å². The van der Waals surface area contributed by atoms with Gasteiger partial charge >= 0.3 is 0 Å². The van der Waals surface area contributed by atoms with Crippen LogP contribution < -0.4 is 0 Å². The summed E-state index contributed by atoms with van der Waals surface area (Å²) in [6, 6.07) is 5.59. The van der Waals surface area contributed by atoms with Gasteiger partial charge in [-0.3, -0.25) is 0 Å². The van der Waals surface area contributed by atoms with Crippen LogP contribution >= 0.6 is 0 Å². The average molecular weight is 523 g/mol. The lowest BCUT2D eigenvalue weighted by Gasteiger charge is -2.41. The Morgan fingerprint density at radius 2 is 0.789 bits per heavy atom. The molecule has 0 radical (unpaired) electrons. The zero-order valence-electron chi connectivity index (χ0n) is 25.6. The van der Waals surface area contributed by atoms with Crippen LogP contribution in [0.4, 0.5) is 0 Å². The first-order valence-corrected chi connectivity index (χ1v) is 17.4. The van der Waals surface area contributed by atoms with Crippen LogP contribution in [0.25, 0.3) is 0 Å². The van der Waals surface area contributed by atoms with E-state index in [4.69, 9.17) is 0 Å². The van der Waals surface area contributed by atoms with Gasteiger partial charge in [0, 0.05) is 0 Å². The van der Waals surface area contributed by atoms with E-state index in [0.717, 1.165) is 62.2 Å². The van der Waals surface area contributed by atoms with Gasteiger partial charge in [-0.15, -0.1) is 0 Å². The minimum atomic E-state index is -0.146. The zero-order valence-corrected chi connectivity index (χ0v) is 25.6. The third-order valence-corrected chi connectivity index (χ3v) is 11.6. The molecule has 0 unspecified atom stereocenters. The molecule has 0 aromatic rings. The highest BCUT2D eigenvalue weighted by Gasteiger charge is 2.43. The number of unbranched alkanes of at least 4 members (excludes halogenated alkanes) is 6. The Labute approximate surface area is 237 Å². The Bertz CT molecular complexity index is 641. The van der Waals surface area contributed by atoms with Crippen LogP contribution in [0.5, 0.6) is 0 Å². The summed E-state index contributed by atoms with van der Waals surface area (Å²) < 4.78 is 0. The summed E-state index contributed by atoms with van der Waals surface area (Å²) in [6.07, 6.45) is 33.9. The number of nitriles is 2. The molecule has 0 bridgehead atoms. The lowest BCUT2D eigenvalue weighted by Crippen LogP contribution is -2.34. The second-order valence-electron chi connectivity index (χ2n) is 14.3. The third kappa shape index (κ3) is 10.2. The Morgan fingerprint density at radius 1 is 0.474 bits per heavy atom. The van der Waals surface area contributed by atoms with E-state index in [2.05, 4.69) is 26.0 Å². The van der Waals surface area contributed by atoms with Crippen molar-refractivity contribution in [2.24, 2.45) is 34.5 Å². The van der Waals surface area contributed by atoms with Crippen molar-refractivity contribution >= 4 is 0 Å². The predicted molar refractivity (Wildman–Crippen MR) is 161 cm³/mol. The van der Waals surface area contributed by atoms with E-state index in [9.17, 15) is 10.5 Å². The van der Waals surface area contributed by atoms with Gasteiger partial charge in [0.2, 0.25) is 0 Å². The normalized spacial score (nSPS) is 33.9. The maximum atomic E-state index is 10.2. The second kappa shape index (κ2) is 16.9. The van der Waals surface area contributed by atoms with E-state index in [0.29, 0.717) is 0 Å². The quantitative estimate of drug-likeness (QED) is 0.189. The summed E-state index contributed by atoms with van der Waals surface area (Å²) in [5.74, 6) is 3.63. The van der Waals surface area contributed by atoms with E-state index in [-0.39, 0.29) is 10.8 Å². The highest BCUT2D eigenvalue weighted by atomic mass is 14.5. The molecule has 3 rings (SSSR count). The highest BCUT2D eigenvalue weighted by molar-refractivity contribution is 5.10. The van der Waals surface area contributed by atoms with Crippen LogP contribution in [-0.4, -0.2) is 0 Å². The fraction of sp³-hybridized carbons (Fsp3) is 0.944.